The fourth-order valence-electron chi connectivity index (χ4n) is 1.97. The van der Waals surface area contributed by atoms with E-state index in [1.807, 2.05) is 0 Å². The summed E-state index contributed by atoms with van der Waals surface area (Å²) in [5, 5.41) is 1.05. The number of piperidine rings is 1. The van der Waals surface area contributed by atoms with Gasteiger partial charge in [-0.05, 0) is 18.8 Å². The van der Waals surface area contributed by atoms with Gasteiger partial charge in [0.2, 0.25) is 11.8 Å². The Morgan fingerprint density at radius 1 is 1.62 bits per heavy atom. The lowest BCUT2D eigenvalue weighted by Crippen LogP contribution is -2.37. The molecule has 1 aromatic heterocycles. The van der Waals surface area contributed by atoms with E-state index in [-0.39, 0.29) is 0 Å². The molecule has 16 heavy (non-hydrogen) atoms. The van der Waals surface area contributed by atoms with Gasteiger partial charge in [0.05, 0.1) is 7.11 Å². The molecule has 1 atom stereocenters. The standard InChI is InChI=1S/C11H16BrN3O/c1-16-10-4-5-13-11(14-10)15-6-2-3-9(7-12)8-15/h4-5,9H,2-3,6-8H2,1H3. The number of ether oxygens (including phenoxy) is 1. The van der Waals surface area contributed by atoms with Crippen LogP contribution in [0.25, 0.3) is 0 Å². The van der Waals surface area contributed by atoms with Crippen molar-refractivity contribution in [3.8, 4) is 5.88 Å². The van der Waals surface area contributed by atoms with Crippen LogP contribution < -0.4 is 9.64 Å². The van der Waals surface area contributed by atoms with Gasteiger partial charge in [-0.2, -0.15) is 4.98 Å². The van der Waals surface area contributed by atoms with Crippen LogP contribution in [-0.4, -0.2) is 35.5 Å². The quantitative estimate of drug-likeness (QED) is 0.798. The SMILES string of the molecule is COc1ccnc(N2CCCC(CBr)C2)n1. The molecule has 1 aliphatic rings. The molecule has 1 saturated heterocycles. The first-order chi connectivity index (χ1) is 7.83. The van der Waals surface area contributed by atoms with E-state index < -0.39 is 0 Å². The molecule has 0 radical (unpaired) electrons. The molecule has 0 aromatic carbocycles. The van der Waals surface area contributed by atoms with E-state index in [9.17, 15) is 0 Å². The van der Waals surface area contributed by atoms with E-state index in [4.69, 9.17) is 4.74 Å². The molecule has 1 aliphatic heterocycles. The zero-order valence-corrected chi connectivity index (χ0v) is 11.0. The Labute approximate surface area is 104 Å². The molecule has 1 fully saturated rings. The highest BCUT2D eigenvalue weighted by Crippen LogP contribution is 2.22. The minimum atomic E-state index is 0.631. The second kappa shape index (κ2) is 5.48. The van der Waals surface area contributed by atoms with Crippen LogP contribution in [-0.2, 0) is 0 Å². The third-order valence-corrected chi connectivity index (χ3v) is 3.76. The largest absolute Gasteiger partial charge is 0.481 e. The van der Waals surface area contributed by atoms with E-state index in [0.29, 0.717) is 11.8 Å². The third-order valence-electron chi connectivity index (χ3n) is 2.85. The van der Waals surface area contributed by atoms with Crippen molar-refractivity contribution < 1.29 is 4.74 Å². The van der Waals surface area contributed by atoms with Crippen molar-refractivity contribution >= 4 is 21.9 Å². The summed E-state index contributed by atoms with van der Waals surface area (Å²) in [6, 6.07) is 1.77. The second-order valence-corrected chi connectivity index (χ2v) is 4.66. The average Bonchev–Trinajstić information content (AvgIpc) is 2.39. The Hall–Kier alpha value is -0.840. The molecule has 2 rings (SSSR count). The molecule has 0 saturated carbocycles. The summed E-state index contributed by atoms with van der Waals surface area (Å²) in [4.78, 5) is 10.9. The van der Waals surface area contributed by atoms with Crippen molar-refractivity contribution in [2.45, 2.75) is 12.8 Å². The van der Waals surface area contributed by atoms with Crippen LogP contribution in [0.15, 0.2) is 12.3 Å². The van der Waals surface area contributed by atoms with E-state index in [0.717, 1.165) is 24.4 Å². The molecule has 0 N–H and O–H groups in total. The van der Waals surface area contributed by atoms with Crippen LogP contribution in [0.5, 0.6) is 5.88 Å². The predicted octanol–water partition coefficient (Wildman–Crippen LogP) is 2.10. The summed E-state index contributed by atoms with van der Waals surface area (Å²) < 4.78 is 5.11. The first-order valence-corrected chi connectivity index (χ1v) is 6.63. The molecule has 0 amide bonds. The van der Waals surface area contributed by atoms with Crippen molar-refractivity contribution in [1.82, 2.24) is 9.97 Å². The predicted molar refractivity (Wildman–Crippen MR) is 67.3 cm³/mol. The summed E-state index contributed by atoms with van der Waals surface area (Å²) in [5.74, 6) is 2.11. The second-order valence-electron chi connectivity index (χ2n) is 4.01. The number of halogens is 1. The first kappa shape index (κ1) is 11.6. The molecule has 0 aliphatic carbocycles. The Balaban J connectivity index is 2.10. The zero-order valence-electron chi connectivity index (χ0n) is 9.40. The van der Waals surface area contributed by atoms with Gasteiger partial charge < -0.3 is 9.64 Å². The number of rotatable bonds is 3. The van der Waals surface area contributed by atoms with Gasteiger partial charge in [-0.1, -0.05) is 15.9 Å². The molecule has 5 heteroatoms. The van der Waals surface area contributed by atoms with E-state index in [1.165, 1.54) is 12.8 Å². The van der Waals surface area contributed by atoms with Gasteiger partial charge in [-0.25, -0.2) is 4.98 Å². The summed E-state index contributed by atoms with van der Waals surface area (Å²) >= 11 is 3.55. The lowest BCUT2D eigenvalue weighted by molar-refractivity contribution is 0.394. The van der Waals surface area contributed by atoms with E-state index in [1.54, 1.807) is 19.4 Å². The molecule has 0 bridgehead atoms. The highest BCUT2D eigenvalue weighted by atomic mass is 79.9. The van der Waals surface area contributed by atoms with Crippen molar-refractivity contribution in [1.29, 1.82) is 0 Å². The average molecular weight is 286 g/mol. The number of anilines is 1. The van der Waals surface area contributed by atoms with Gasteiger partial charge in [0.25, 0.3) is 0 Å². The molecule has 1 aromatic rings. The summed E-state index contributed by atoms with van der Waals surface area (Å²) in [6.07, 6.45) is 4.24. The summed E-state index contributed by atoms with van der Waals surface area (Å²) in [7, 11) is 1.63. The van der Waals surface area contributed by atoms with Crippen molar-refractivity contribution in [3.63, 3.8) is 0 Å². The zero-order chi connectivity index (χ0) is 11.4. The van der Waals surface area contributed by atoms with Crippen molar-refractivity contribution in [2.75, 3.05) is 30.4 Å². The van der Waals surface area contributed by atoms with Crippen LogP contribution in [0.1, 0.15) is 12.8 Å². The number of hydrogen-bond acceptors (Lipinski definition) is 4. The monoisotopic (exact) mass is 285 g/mol. The van der Waals surface area contributed by atoms with Gasteiger partial charge in [-0.3, -0.25) is 0 Å². The Kier molecular flexibility index (Phi) is 3.98. The maximum atomic E-state index is 5.11. The highest BCUT2D eigenvalue weighted by Gasteiger charge is 2.20. The topological polar surface area (TPSA) is 38.2 Å². The fourth-order valence-corrected chi connectivity index (χ4v) is 2.50. The van der Waals surface area contributed by atoms with Crippen LogP contribution in [0, 0.1) is 5.92 Å². The number of hydrogen-bond donors (Lipinski definition) is 0. The van der Waals surface area contributed by atoms with Crippen LogP contribution in [0.2, 0.25) is 0 Å². The highest BCUT2D eigenvalue weighted by molar-refractivity contribution is 9.09. The molecular formula is C11H16BrN3O. The molecule has 4 nitrogen and oxygen atoms in total. The van der Waals surface area contributed by atoms with E-state index >= 15 is 0 Å². The molecule has 0 spiro atoms. The van der Waals surface area contributed by atoms with Gasteiger partial charge in [0.15, 0.2) is 0 Å². The fraction of sp³-hybridized carbons (Fsp3) is 0.636. The summed E-state index contributed by atoms with van der Waals surface area (Å²) in [6.45, 7) is 2.06. The smallest absolute Gasteiger partial charge is 0.228 e. The number of methoxy groups -OCH3 is 1. The first-order valence-electron chi connectivity index (χ1n) is 5.51. The lowest BCUT2D eigenvalue weighted by Gasteiger charge is -2.31. The van der Waals surface area contributed by atoms with Crippen LogP contribution in [0.4, 0.5) is 5.95 Å². The van der Waals surface area contributed by atoms with Crippen LogP contribution in [0.3, 0.4) is 0 Å². The number of alkyl halides is 1. The lowest BCUT2D eigenvalue weighted by atomic mass is 10.0. The van der Waals surface area contributed by atoms with Gasteiger partial charge >= 0.3 is 0 Å². The Morgan fingerprint density at radius 2 is 2.50 bits per heavy atom. The van der Waals surface area contributed by atoms with Gasteiger partial charge in [0, 0.05) is 30.7 Å². The minimum Gasteiger partial charge on any atom is -0.481 e. The molecule has 1 unspecified atom stereocenters. The normalized spacial score (nSPS) is 20.9. The minimum absolute atomic E-state index is 0.631. The van der Waals surface area contributed by atoms with Gasteiger partial charge in [0.1, 0.15) is 0 Å². The Bertz CT molecular complexity index is 348. The Morgan fingerprint density at radius 3 is 3.25 bits per heavy atom. The van der Waals surface area contributed by atoms with Gasteiger partial charge in [-0.15, -0.1) is 0 Å². The van der Waals surface area contributed by atoms with Crippen molar-refractivity contribution in [3.05, 3.63) is 12.3 Å². The maximum absolute atomic E-state index is 5.11. The molecular weight excluding hydrogens is 270 g/mol. The van der Waals surface area contributed by atoms with Crippen LogP contribution >= 0.6 is 15.9 Å². The molecule has 2 heterocycles. The van der Waals surface area contributed by atoms with Crippen molar-refractivity contribution in [2.24, 2.45) is 5.92 Å². The summed E-state index contributed by atoms with van der Waals surface area (Å²) in [5.41, 5.74) is 0. The molecule has 88 valence electrons. The van der Waals surface area contributed by atoms with E-state index in [2.05, 4.69) is 30.8 Å². The third kappa shape index (κ3) is 2.64. The number of aromatic nitrogens is 2. The maximum Gasteiger partial charge on any atom is 0.228 e. The number of nitrogens with zero attached hydrogens (tertiary/aromatic N) is 3.